The first-order chi connectivity index (χ1) is 13.1. The Morgan fingerprint density at radius 2 is 1.96 bits per heavy atom. The summed E-state index contributed by atoms with van der Waals surface area (Å²) in [5.41, 5.74) is 0.691. The highest BCUT2D eigenvalue weighted by Crippen LogP contribution is 2.41. The summed E-state index contributed by atoms with van der Waals surface area (Å²) in [6.07, 6.45) is 2.29. The van der Waals surface area contributed by atoms with Crippen LogP contribution in [0.2, 0.25) is 0 Å². The van der Waals surface area contributed by atoms with Crippen molar-refractivity contribution in [2.24, 2.45) is 11.8 Å². The zero-order chi connectivity index (χ0) is 21.1. The number of carbonyl (C=O) groups is 3. The van der Waals surface area contributed by atoms with E-state index in [0.717, 1.165) is 16.7 Å². The SMILES string of the molecule is CCOC(=O)[C@H]1CC(=O)[C@@H]1[C@](O)(/C=C/c1ccc(C)c(C)c1)C(=O)OC(C)C. The van der Waals surface area contributed by atoms with Crippen molar-refractivity contribution in [2.75, 3.05) is 6.61 Å². The van der Waals surface area contributed by atoms with E-state index < -0.39 is 35.5 Å². The number of aliphatic hydroxyl groups is 1. The molecule has 0 aromatic heterocycles. The van der Waals surface area contributed by atoms with Gasteiger partial charge in [0.05, 0.1) is 24.5 Å². The zero-order valence-electron chi connectivity index (χ0n) is 17.0. The molecule has 1 fully saturated rings. The quantitative estimate of drug-likeness (QED) is 0.723. The molecule has 0 bridgehead atoms. The van der Waals surface area contributed by atoms with Crippen molar-refractivity contribution in [1.29, 1.82) is 0 Å². The first-order valence-electron chi connectivity index (χ1n) is 9.49. The molecule has 28 heavy (non-hydrogen) atoms. The molecule has 1 aromatic rings. The van der Waals surface area contributed by atoms with Gasteiger partial charge in [-0.3, -0.25) is 9.59 Å². The Hall–Kier alpha value is -2.47. The number of hydrogen-bond donors (Lipinski definition) is 1. The van der Waals surface area contributed by atoms with Crippen molar-refractivity contribution in [3.05, 3.63) is 41.0 Å². The minimum absolute atomic E-state index is 0.0573. The van der Waals surface area contributed by atoms with Gasteiger partial charge in [0.2, 0.25) is 0 Å². The van der Waals surface area contributed by atoms with Crippen molar-refractivity contribution >= 4 is 23.8 Å². The van der Waals surface area contributed by atoms with E-state index in [1.54, 1.807) is 26.8 Å². The van der Waals surface area contributed by atoms with Gasteiger partial charge < -0.3 is 14.6 Å². The molecule has 0 amide bonds. The molecule has 3 atom stereocenters. The maximum absolute atomic E-state index is 12.7. The first kappa shape index (κ1) is 21.8. The van der Waals surface area contributed by atoms with Crippen LogP contribution in [0.1, 0.15) is 43.9 Å². The highest BCUT2D eigenvalue weighted by atomic mass is 16.6. The second-order valence-corrected chi connectivity index (χ2v) is 7.46. The van der Waals surface area contributed by atoms with Gasteiger partial charge in [-0.25, -0.2) is 4.79 Å². The lowest BCUT2D eigenvalue weighted by molar-refractivity contribution is -0.185. The van der Waals surface area contributed by atoms with Crippen LogP contribution in [0.3, 0.4) is 0 Å². The number of Topliss-reactive ketones (excluding diaryl/α,β-unsaturated/α-hetero) is 1. The molecule has 6 nitrogen and oxygen atoms in total. The number of ether oxygens (including phenoxy) is 2. The van der Waals surface area contributed by atoms with Crippen LogP contribution >= 0.6 is 0 Å². The van der Waals surface area contributed by atoms with Gasteiger partial charge in [0.15, 0.2) is 5.60 Å². The molecule has 1 aromatic carbocycles. The van der Waals surface area contributed by atoms with Gasteiger partial charge >= 0.3 is 11.9 Å². The molecule has 2 rings (SSSR count). The Labute approximate surface area is 165 Å². The molecular formula is C22H28O6. The summed E-state index contributed by atoms with van der Waals surface area (Å²) in [5.74, 6) is -4.01. The van der Waals surface area contributed by atoms with E-state index in [1.807, 2.05) is 32.0 Å². The van der Waals surface area contributed by atoms with Crippen LogP contribution in [0, 0.1) is 25.7 Å². The molecule has 1 aliphatic rings. The van der Waals surface area contributed by atoms with Gasteiger partial charge in [0, 0.05) is 6.42 Å². The Kier molecular flexibility index (Phi) is 6.77. The monoisotopic (exact) mass is 388 g/mol. The van der Waals surface area contributed by atoms with Gasteiger partial charge in [-0.2, -0.15) is 0 Å². The van der Waals surface area contributed by atoms with Crippen LogP contribution < -0.4 is 0 Å². The number of ketones is 1. The normalized spacial score (nSPS) is 21.3. The molecule has 0 unspecified atom stereocenters. The number of aryl methyl sites for hydroxylation is 2. The van der Waals surface area contributed by atoms with Crippen LogP contribution in [0.25, 0.3) is 6.08 Å². The summed E-state index contributed by atoms with van der Waals surface area (Å²) in [6.45, 7) is 9.05. The number of rotatable bonds is 7. The van der Waals surface area contributed by atoms with Gasteiger partial charge in [0.1, 0.15) is 5.78 Å². The Bertz CT molecular complexity index is 794. The topological polar surface area (TPSA) is 89.9 Å². The summed E-state index contributed by atoms with van der Waals surface area (Å²) in [6, 6.07) is 5.68. The molecule has 1 aliphatic carbocycles. The van der Waals surface area contributed by atoms with E-state index in [9.17, 15) is 19.5 Å². The lowest BCUT2D eigenvalue weighted by Gasteiger charge is -2.41. The average molecular weight is 388 g/mol. The number of carbonyl (C=O) groups excluding carboxylic acids is 3. The maximum atomic E-state index is 12.7. The van der Waals surface area contributed by atoms with E-state index in [-0.39, 0.29) is 18.8 Å². The van der Waals surface area contributed by atoms with Gasteiger partial charge in [-0.05, 0) is 57.4 Å². The molecule has 0 spiro atoms. The first-order valence-corrected chi connectivity index (χ1v) is 9.49. The fourth-order valence-corrected chi connectivity index (χ4v) is 3.25. The molecule has 1 saturated carbocycles. The molecule has 0 heterocycles. The van der Waals surface area contributed by atoms with Crippen molar-refractivity contribution < 1.29 is 29.0 Å². The Morgan fingerprint density at radius 1 is 1.29 bits per heavy atom. The fraction of sp³-hybridized carbons (Fsp3) is 0.500. The van der Waals surface area contributed by atoms with Crippen molar-refractivity contribution in [3.63, 3.8) is 0 Å². The lowest BCUT2D eigenvalue weighted by atomic mass is 9.63. The van der Waals surface area contributed by atoms with Gasteiger partial charge in [0.25, 0.3) is 0 Å². The Morgan fingerprint density at radius 3 is 2.50 bits per heavy atom. The minimum Gasteiger partial charge on any atom is -0.466 e. The predicted molar refractivity (Wildman–Crippen MR) is 104 cm³/mol. The number of esters is 2. The molecule has 0 saturated heterocycles. The van der Waals surface area contributed by atoms with Crippen molar-refractivity contribution in [2.45, 2.75) is 52.7 Å². The second kappa shape index (κ2) is 8.69. The summed E-state index contributed by atoms with van der Waals surface area (Å²) in [5, 5.41) is 11.2. The lowest BCUT2D eigenvalue weighted by Crippen LogP contribution is -2.59. The highest BCUT2D eigenvalue weighted by molar-refractivity contribution is 6.02. The summed E-state index contributed by atoms with van der Waals surface area (Å²) < 4.78 is 10.2. The molecular weight excluding hydrogens is 360 g/mol. The summed E-state index contributed by atoms with van der Waals surface area (Å²) in [7, 11) is 0. The summed E-state index contributed by atoms with van der Waals surface area (Å²) in [4.78, 5) is 37.2. The predicted octanol–water partition coefficient (Wildman–Crippen LogP) is 2.77. The standard InChI is InChI=1S/C22H28O6/c1-6-27-20(24)17-12-18(23)19(17)22(26,21(25)28-13(2)3)10-9-16-8-7-14(4)15(5)11-16/h7-11,13,17,19,26H,6,12H2,1-5H3/b10-9+/t17-,19+,22+/m0/s1. The Balaban J connectivity index is 2.40. The second-order valence-electron chi connectivity index (χ2n) is 7.46. The fourth-order valence-electron chi connectivity index (χ4n) is 3.25. The van der Waals surface area contributed by atoms with E-state index in [0.29, 0.717) is 0 Å². The van der Waals surface area contributed by atoms with Crippen LogP contribution in [0.4, 0.5) is 0 Å². The van der Waals surface area contributed by atoms with E-state index in [4.69, 9.17) is 9.47 Å². The average Bonchev–Trinajstić information content (AvgIpc) is 2.60. The molecule has 1 N–H and O–H groups in total. The number of benzene rings is 1. The minimum atomic E-state index is -2.24. The van der Waals surface area contributed by atoms with Crippen molar-refractivity contribution in [1.82, 2.24) is 0 Å². The van der Waals surface area contributed by atoms with Crippen LogP contribution in [-0.4, -0.2) is 41.1 Å². The van der Waals surface area contributed by atoms with E-state index >= 15 is 0 Å². The summed E-state index contributed by atoms with van der Waals surface area (Å²) >= 11 is 0. The molecule has 0 aliphatic heterocycles. The smallest absolute Gasteiger partial charge is 0.343 e. The van der Waals surface area contributed by atoms with Crippen molar-refractivity contribution in [3.8, 4) is 0 Å². The maximum Gasteiger partial charge on any atom is 0.343 e. The van der Waals surface area contributed by atoms with Gasteiger partial charge in [-0.15, -0.1) is 0 Å². The third-order valence-corrected chi connectivity index (χ3v) is 4.96. The molecule has 0 radical (unpaired) electrons. The van der Waals surface area contributed by atoms with Crippen LogP contribution in [-0.2, 0) is 23.9 Å². The molecule has 6 heteroatoms. The molecule has 152 valence electrons. The van der Waals surface area contributed by atoms with Crippen LogP contribution in [0.5, 0.6) is 0 Å². The third-order valence-electron chi connectivity index (χ3n) is 4.96. The number of hydrogen-bond acceptors (Lipinski definition) is 6. The van der Waals surface area contributed by atoms with Gasteiger partial charge in [-0.1, -0.05) is 24.3 Å². The highest BCUT2D eigenvalue weighted by Gasteiger charge is 2.59. The van der Waals surface area contributed by atoms with E-state index in [2.05, 4.69) is 0 Å². The van der Waals surface area contributed by atoms with E-state index in [1.165, 1.54) is 6.08 Å². The largest absolute Gasteiger partial charge is 0.466 e. The third kappa shape index (κ3) is 4.50. The van der Waals surface area contributed by atoms with Crippen LogP contribution in [0.15, 0.2) is 24.3 Å². The zero-order valence-corrected chi connectivity index (χ0v) is 17.0.